The number of carboxylic acid groups (broad SMARTS) is 1. The van der Waals surface area contributed by atoms with Crippen molar-refractivity contribution < 1.29 is 27.8 Å². The lowest BCUT2D eigenvalue weighted by molar-refractivity contribution is -0.137. The predicted molar refractivity (Wildman–Crippen MR) is 85.3 cm³/mol. The number of carbonyl (C=O) groups is 1. The summed E-state index contributed by atoms with van der Waals surface area (Å²) >= 11 is 0. The highest BCUT2D eigenvalue weighted by Gasteiger charge is 2.31. The molecule has 1 N–H and O–H groups in total. The van der Waals surface area contributed by atoms with Crippen molar-refractivity contribution in [3.05, 3.63) is 59.8 Å². The van der Waals surface area contributed by atoms with Gasteiger partial charge in [0.2, 0.25) is 0 Å². The largest absolute Gasteiger partial charge is 0.497 e. The smallest absolute Gasteiger partial charge is 0.416 e. The van der Waals surface area contributed by atoms with Crippen molar-refractivity contribution in [1.82, 2.24) is 15.0 Å². The minimum absolute atomic E-state index is 0.0469. The fraction of sp³-hybridized carbons (Fsp3) is 0.118. The maximum atomic E-state index is 13.0. The molecule has 0 unspecified atom stereocenters. The van der Waals surface area contributed by atoms with Crippen LogP contribution >= 0.6 is 0 Å². The number of carboxylic acids is 1. The Labute approximate surface area is 145 Å². The quantitative estimate of drug-likeness (QED) is 0.765. The minimum atomic E-state index is -4.54. The summed E-state index contributed by atoms with van der Waals surface area (Å²) in [5, 5.41) is 16.7. The van der Waals surface area contributed by atoms with Crippen LogP contribution in [0.4, 0.5) is 13.2 Å². The van der Waals surface area contributed by atoms with Gasteiger partial charge < -0.3 is 9.84 Å². The molecule has 9 heteroatoms. The second-order valence-electron chi connectivity index (χ2n) is 5.28. The normalized spacial score (nSPS) is 11.4. The summed E-state index contributed by atoms with van der Waals surface area (Å²) in [4.78, 5) is 11.5. The van der Waals surface area contributed by atoms with Crippen LogP contribution in [0.3, 0.4) is 0 Å². The van der Waals surface area contributed by atoms with E-state index in [2.05, 4.69) is 10.3 Å². The van der Waals surface area contributed by atoms with Gasteiger partial charge in [0, 0.05) is 5.56 Å². The van der Waals surface area contributed by atoms with Gasteiger partial charge in [-0.25, -0.2) is 9.48 Å². The second-order valence-corrected chi connectivity index (χ2v) is 5.28. The van der Waals surface area contributed by atoms with Crippen LogP contribution < -0.4 is 4.74 Å². The molecule has 0 atom stereocenters. The molecule has 3 rings (SSSR count). The molecule has 6 nitrogen and oxygen atoms in total. The monoisotopic (exact) mass is 363 g/mol. The van der Waals surface area contributed by atoms with E-state index < -0.39 is 17.7 Å². The van der Waals surface area contributed by atoms with Gasteiger partial charge in [-0.1, -0.05) is 11.3 Å². The molecule has 2 aromatic carbocycles. The van der Waals surface area contributed by atoms with Crippen molar-refractivity contribution >= 4 is 5.97 Å². The summed E-state index contributed by atoms with van der Waals surface area (Å²) in [6.45, 7) is 0. The lowest BCUT2D eigenvalue weighted by atomic mass is 10.1. The number of aromatic nitrogens is 3. The van der Waals surface area contributed by atoms with Crippen LogP contribution in [0.15, 0.2) is 48.5 Å². The van der Waals surface area contributed by atoms with Gasteiger partial charge in [0.25, 0.3) is 0 Å². The Morgan fingerprint density at radius 3 is 2.42 bits per heavy atom. The Morgan fingerprint density at radius 2 is 1.85 bits per heavy atom. The molecule has 3 aromatic rings. The van der Waals surface area contributed by atoms with Gasteiger partial charge in [-0.2, -0.15) is 13.2 Å². The number of nitrogens with zero attached hydrogens (tertiary/aromatic N) is 3. The molecule has 0 saturated heterocycles. The molecule has 0 amide bonds. The second kappa shape index (κ2) is 6.51. The molecule has 1 heterocycles. The zero-order valence-corrected chi connectivity index (χ0v) is 13.4. The summed E-state index contributed by atoms with van der Waals surface area (Å²) in [5.74, 6) is -0.794. The molecule has 0 aliphatic rings. The van der Waals surface area contributed by atoms with Crippen LogP contribution in [0.2, 0.25) is 0 Å². The minimum Gasteiger partial charge on any atom is -0.497 e. The summed E-state index contributed by atoms with van der Waals surface area (Å²) in [5.41, 5.74) is -0.702. The molecule has 1 aromatic heterocycles. The Morgan fingerprint density at radius 1 is 1.15 bits per heavy atom. The van der Waals surface area contributed by atoms with Gasteiger partial charge in [0.05, 0.1) is 18.4 Å². The highest BCUT2D eigenvalue weighted by molar-refractivity contribution is 5.93. The summed E-state index contributed by atoms with van der Waals surface area (Å²) in [6.07, 6.45) is -4.54. The van der Waals surface area contributed by atoms with Crippen LogP contribution in [-0.4, -0.2) is 33.2 Å². The van der Waals surface area contributed by atoms with E-state index in [0.717, 1.165) is 16.8 Å². The molecule has 0 aliphatic carbocycles. The highest BCUT2D eigenvalue weighted by atomic mass is 19.4. The summed E-state index contributed by atoms with van der Waals surface area (Å²) in [7, 11) is 1.48. The number of hydrogen-bond donors (Lipinski definition) is 1. The van der Waals surface area contributed by atoms with Crippen molar-refractivity contribution in [3.8, 4) is 22.7 Å². The van der Waals surface area contributed by atoms with Crippen LogP contribution in [0.5, 0.6) is 5.75 Å². The number of aromatic carboxylic acids is 1. The zero-order chi connectivity index (χ0) is 18.9. The van der Waals surface area contributed by atoms with Crippen molar-refractivity contribution in [1.29, 1.82) is 0 Å². The third kappa shape index (κ3) is 3.23. The van der Waals surface area contributed by atoms with Crippen molar-refractivity contribution in [2.45, 2.75) is 6.18 Å². The average molecular weight is 363 g/mol. The highest BCUT2D eigenvalue weighted by Crippen LogP contribution is 2.32. The van der Waals surface area contributed by atoms with E-state index in [0.29, 0.717) is 11.3 Å². The number of ether oxygens (including phenoxy) is 1. The van der Waals surface area contributed by atoms with Gasteiger partial charge in [0.1, 0.15) is 11.4 Å². The van der Waals surface area contributed by atoms with Gasteiger partial charge in [0.15, 0.2) is 5.69 Å². The molecule has 134 valence electrons. The Hall–Kier alpha value is -3.36. The fourth-order valence-corrected chi connectivity index (χ4v) is 2.43. The lowest BCUT2D eigenvalue weighted by Gasteiger charge is -2.11. The lowest BCUT2D eigenvalue weighted by Crippen LogP contribution is -2.07. The number of benzene rings is 2. The Bertz CT molecular complexity index is 950. The number of alkyl halides is 3. The topological polar surface area (TPSA) is 77.2 Å². The number of halogens is 3. The van der Waals surface area contributed by atoms with Crippen molar-refractivity contribution in [2.24, 2.45) is 0 Å². The SMILES string of the molecule is COc1ccc(-c2c(C(=O)O)nnn2-c2cccc(C(F)(F)F)c2)cc1. The Kier molecular flexibility index (Phi) is 4.37. The van der Waals surface area contributed by atoms with E-state index in [1.807, 2.05) is 0 Å². The first-order valence-electron chi connectivity index (χ1n) is 7.32. The first-order chi connectivity index (χ1) is 12.3. The number of hydrogen-bond acceptors (Lipinski definition) is 4. The third-order valence-corrected chi connectivity index (χ3v) is 3.65. The standard InChI is InChI=1S/C17H12F3N3O3/c1-26-13-7-5-10(6-8-13)15-14(16(24)25)21-22-23(15)12-4-2-3-11(9-12)17(18,19)20/h2-9H,1H3,(H,24,25). The number of rotatable bonds is 4. The Balaban J connectivity index is 2.18. The molecule has 26 heavy (non-hydrogen) atoms. The van der Waals surface area contributed by atoms with Crippen LogP contribution in [0, 0.1) is 0 Å². The first-order valence-corrected chi connectivity index (χ1v) is 7.32. The van der Waals surface area contributed by atoms with Gasteiger partial charge in [-0.05, 0) is 42.5 Å². The van der Waals surface area contributed by atoms with Gasteiger partial charge >= 0.3 is 12.1 Å². The van der Waals surface area contributed by atoms with E-state index in [9.17, 15) is 23.1 Å². The zero-order valence-electron chi connectivity index (χ0n) is 13.4. The number of methoxy groups -OCH3 is 1. The maximum Gasteiger partial charge on any atom is 0.416 e. The van der Waals surface area contributed by atoms with Crippen molar-refractivity contribution in [3.63, 3.8) is 0 Å². The van der Waals surface area contributed by atoms with E-state index in [4.69, 9.17) is 4.74 Å². The first kappa shape index (κ1) is 17.5. The van der Waals surface area contributed by atoms with Crippen molar-refractivity contribution in [2.75, 3.05) is 7.11 Å². The molecule has 0 bridgehead atoms. The van der Waals surface area contributed by atoms with Crippen LogP contribution in [0.1, 0.15) is 16.1 Å². The molecule has 0 fully saturated rings. The average Bonchev–Trinajstić information content (AvgIpc) is 3.06. The van der Waals surface area contributed by atoms with E-state index in [-0.39, 0.29) is 17.1 Å². The van der Waals surface area contributed by atoms with E-state index in [1.165, 1.54) is 19.2 Å². The van der Waals surface area contributed by atoms with E-state index >= 15 is 0 Å². The third-order valence-electron chi connectivity index (χ3n) is 3.65. The van der Waals surface area contributed by atoms with Crippen LogP contribution in [-0.2, 0) is 6.18 Å². The molecular formula is C17H12F3N3O3. The van der Waals surface area contributed by atoms with Gasteiger partial charge in [-0.15, -0.1) is 5.10 Å². The maximum absolute atomic E-state index is 13.0. The van der Waals surface area contributed by atoms with Crippen LogP contribution in [0.25, 0.3) is 16.9 Å². The molecule has 0 saturated carbocycles. The molecule has 0 aliphatic heterocycles. The summed E-state index contributed by atoms with van der Waals surface area (Å²) < 4.78 is 45.0. The molecule has 0 radical (unpaired) electrons. The predicted octanol–water partition coefficient (Wildman–Crippen LogP) is 3.66. The molecule has 0 spiro atoms. The fourth-order valence-electron chi connectivity index (χ4n) is 2.43. The van der Waals surface area contributed by atoms with Gasteiger partial charge in [-0.3, -0.25) is 0 Å². The van der Waals surface area contributed by atoms with E-state index in [1.54, 1.807) is 24.3 Å². The summed E-state index contributed by atoms with van der Waals surface area (Å²) in [6, 6.07) is 10.8. The molecular weight excluding hydrogens is 351 g/mol.